The number of nitrogen functional groups attached to an aromatic ring is 1. The van der Waals surface area contributed by atoms with Crippen molar-refractivity contribution < 1.29 is 95.0 Å². The number of anilines is 1. The molecule has 0 heterocycles. The van der Waals surface area contributed by atoms with Crippen LogP contribution in [-0.4, -0.2) is 97.3 Å². The molecule has 0 aliphatic carbocycles. The number of azo groups is 2. The number of nitrogens with zero attached hydrogens (tertiary/aromatic N) is 4. The van der Waals surface area contributed by atoms with Crippen LogP contribution in [0, 0.1) is 6.92 Å². The molecule has 0 radical (unpaired) electrons. The number of ether oxygens (including phenoxy) is 2. The summed E-state index contributed by atoms with van der Waals surface area (Å²) in [6, 6.07) is 7.60. The van der Waals surface area contributed by atoms with Crippen molar-refractivity contribution in [3.8, 4) is 17.2 Å². The Balaban J connectivity index is 1.86. The molecule has 0 unspecified atom stereocenters. The largest absolute Gasteiger partial charge is 0.505 e. The van der Waals surface area contributed by atoms with Gasteiger partial charge < -0.3 is 20.3 Å². The number of phenols is 1. The Bertz CT molecular complexity index is 2790. The maximum Gasteiger partial charge on any atom is 0.397 e. The molecule has 0 fully saturated rings. The topological polar surface area (TPSA) is 387 Å². The lowest BCUT2D eigenvalue weighted by Crippen LogP contribution is -2.16. The normalized spacial score (nSPS) is 12.8. The lowest BCUT2D eigenvalue weighted by molar-refractivity contribution is -0.434. The fourth-order valence-corrected chi connectivity index (χ4v) is 9.44. The van der Waals surface area contributed by atoms with Crippen LogP contribution in [0.25, 0.3) is 10.8 Å². The molecular weight excluding hydrogens is 947 g/mol. The summed E-state index contributed by atoms with van der Waals surface area (Å²) in [6.07, 6.45) is 0. The van der Waals surface area contributed by atoms with E-state index >= 15 is 0 Å². The molecule has 334 valence electrons. The fourth-order valence-electron chi connectivity index (χ4n) is 5.09. The van der Waals surface area contributed by atoms with E-state index in [4.69, 9.17) is 34.5 Å². The molecule has 0 bridgehead atoms. The van der Waals surface area contributed by atoms with Crippen molar-refractivity contribution in [2.24, 2.45) is 20.5 Å². The first-order chi connectivity index (χ1) is 28.6. The predicted octanol–water partition coefficient (Wildman–Crippen LogP) is 5.33. The third-order valence-electron chi connectivity index (χ3n) is 7.71. The zero-order valence-corrected chi connectivity index (χ0v) is 35.9. The fraction of sp³-hybridized carbons (Fsp3) is 0.241. The number of rotatable bonds is 22. The van der Waals surface area contributed by atoms with Gasteiger partial charge in [-0.25, -0.2) is 31.5 Å². The molecule has 0 saturated heterocycles. The first-order valence-electron chi connectivity index (χ1n) is 15.9. The number of hydrogen-bond donors (Lipinski definition) is 6. The van der Waals surface area contributed by atoms with E-state index in [0.29, 0.717) is 0 Å². The van der Waals surface area contributed by atoms with E-state index in [9.17, 15) is 43.3 Å². The zero-order chi connectivity index (χ0) is 45.3. The average molecular weight is 978 g/mol. The van der Waals surface area contributed by atoms with Crippen molar-refractivity contribution in [3.63, 3.8) is 0 Å². The van der Waals surface area contributed by atoms with E-state index in [-0.39, 0.29) is 78.3 Å². The van der Waals surface area contributed by atoms with E-state index < -0.39 is 92.6 Å². The SMILES string of the molecule is COc1cc(S(=O)(=O)CCOS(=O)(=O)O)c(C)cc1N=Nc1c(S(=O)(=O)O)cc2cc(SOOO)c(N=Nc3cc(S(=O)(=O)CCOSOOO)ccc3OC)c(O)c2c1N. The number of hydrogen-bond acceptors (Lipinski definition) is 26. The van der Waals surface area contributed by atoms with Crippen molar-refractivity contribution in [1.82, 2.24) is 0 Å². The Hall–Kier alpha value is -4.36. The van der Waals surface area contributed by atoms with Gasteiger partial charge in [-0.05, 0) is 54.3 Å². The minimum atomic E-state index is -5.19. The van der Waals surface area contributed by atoms with Crippen LogP contribution in [0.1, 0.15) is 5.56 Å². The van der Waals surface area contributed by atoms with Gasteiger partial charge in [-0.15, -0.1) is 29.1 Å². The summed E-state index contributed by atoms with van der Waals surface area (Å²) in [7, 11) is -16.1. The summed E-state index contributed by atoms with van der Waals surface area (Å²) >= 11 is 0.393. The summed E-state index contributed by atoms with van der Waals surface area (Å²) in [5.74, 6) is -2.56. The smallest absolute Gasteiger partial charge is 0.397 e. The van der Waals surface area contributed by atoms with Crippen LogP contribution in [0.3, 0.4) is 0 Å². The van der Waals surface area contributed by atoms with E-state index in [1.54, 1.807) is 0 Å². The van der Waals surface area contributed by atoms with Crippen molar-refractivity contribution in [2.75, 3.05) is 44.7 Å². The van der Waals surface area contributed by atoms with Gasteiger partial charge >= 0.3 is 10.4 Å². The van der Waals surface area contributed by atoms with Gasteiger partial charge in [0.2, 0.25) is 0 Å². The number of fused-ring (bicyclic) bond motifs is 1. The summed E-state index contributed by atoms with van der Waals surface area (Å²) < 4.78 is 146. The van der Waals surface area contributed by atoms with Gasteiger partial charge in [0.05, 0.1) is 76.7 Å². The third kappa shape index (κ3) is 12.6. The third-order valence-corrected chi connectivity index (χ3v) is 13.5. The highest BCUT2D eigenvalue weighted by atomic mass is 32.3. The van der Waals surface area contributed by atoms with Crippen LogP contribution < -0.4 is 15.2 Å². The molecule has 0 amide bonds. The van der Waals surface area contributed by atoms with Gasteiger partial charge in [0, 0.05) is 6.07 Å². The monoisotopic (exact) mass is 977 g/mol. The molecular formula is C29H31N5O21S6. The molecule has 0 aliphatic heterocycles. The van der Waals surface area contributed by atoms with Crippen molar-refractivity contribution >= 4 is 104 Å². The molecule has 4 rings (SSSR count). The van der Waals surface area contributed by atoms with Crippen LogP contribution in [0.2, 0.25) is 0 Å². The van der Waals surface area contributed by atoms with Crippen molar-refractivity contribution in [2.45, 2.75) is 26.5 Å². The highest BCUT2D eigenvalue weighted by molar-refractivity contribution is 7.94. The van der Waals surface area contributed by atoms with Crippen molar-refractivity contribution in [1.29, 1.82) is 0 Å². The van der Waals surface area contributed by atoms with Gasteiger partial charge in [0.25, 0.3) is 10.1 Å². The summed E-state index contributed by atoms with van der Waals surface area (Å²) in [4.78, 5) is -1.82. The first-order valence-corrected chi connectivity index (χ1v) is 23.4. The average Bonchev–Trinajstić information content (AvgIpc) is 3.17. The molecule has 4 aromatic rings. The number of sulfone groups is 2. The highest BCUT2D eigenvalue weighted by Gasteiger charge is 2.27. The van der Waals surface area contributed by atoms with Crippen molar-refractivity contribution in [3.05, 3.63) is 48.0 Å². The number of benzene rings is 4. The van der Waals surface area contributed by atoms with E-state index in [1.165, 1.54) is 26.2 Å². The second kappa shape index (κ2) is 20.7. The van der Waals surface area contributed by atoms with Gasteiger partial charge in [-0.3, -0.25) is 13.3 Å². The van der Waals surface area contributed by atoms with Crippen LogP contribution in [0.5, 0.6) is 17.2 Å². The lowest BCUT2D eigenvalue weighted by Gasteiger charge is -2.15. The Labute approximate surface area is 354 Å². The van der Waals surface area contributed by atoms with Crippen LogP contribution in [0.4, 0.5) is 28.4 Å². The Kier molecular flexibility index (Phi) is 16.7. The van der Waals surface area contributed by atoms with Crippen LogP contribution >= 0.6 is 24.4 Å². The molecule has 0 atom stereocenters. The summed E-state index contributed by atoms with van der Waals surface area (Å²) in [5, 5.41) is 50.9. The van der Waals surface area contributed by atoms with Gasteiger partial charge in [-0.1, -0.05) is 10.1 Å². The minimum absolute atomic E-state index is 0.00473. The molecule has 61 heavy (non-hydrogen) atoms. The summed E-state index contributed by atoms with van der Waals surface area (Å²) in [5.41, 5.74) is 4.10. The lowest BCUT2D eigenvalue weighted by atomic mass is 10.1. The maximum atomic E-state index is 13.0. The zero-order valence-electron chi connectivity index (χ0n) is 31.0. The predicted molar refractivity (Wildman–Crippen MR) is 210 cm³/mol. The first kappa shape index (κ1) is 49.3. The number of aryl methyl sites for hydroxylation is 1. The summed E-state index contributed by atoms with van der Waals surface area (Å²) in [6.45, 7) is -0.0128. The Morgan fingerprint density at radius 3 is 1.95 bits per heavy atom. The number of nitrogens with two attached hydrogens (primary N) is 1. The van der Waals surface area contributed by atoms with E-state index in [2.05, 4.69) is 43.4 Å². The quantitative estimate of drug-likeness (QED) is 0.0110. The second-order valence-corrected chi connectivity index (χ2v) is 19.4. The van der Waals surface area contributed by atoms with Gasteiger partial charge in [-0.2, -0.15) is 16.8 Å². The minimum Gasteiger partial charge on any atom is -0.505 e. The number of phenolic OH excluding ortho intramolecular Hbond substituents is 1. The Morgan fingerprint density at radius 2 is 1.34 bits per heavy atom. The molecule has 32 heteroatoms. The van der Waals surface area contributed by atoms with Crippen LogP contribution in [-0.2, 0) is 67.3 Å². The molecule has 26 nitrogen and oxygen atoms in total. The molecule has 0 aromatic heterocycles. The van der Waals surface area contributed by atoms with Crippen LogP contribution in [0.15, 0.2) is 82.5 Å². The highest BCUT2D eigenvalue weighted by Crippen LogP contribution is 2.50. The number of aromatic hydroxyl groups is 1. The van der Waals surface area contributed by atoms with E-state index in [0.717, 1.165) is 37.4 Å². The maximum absolute atomic E-state index is 13.0. The molecule has 0 spiro atoms. The standard InChI is InChI=1S/C29H31N5O21S6/c1-15-10-18(21(49-3)14-23(15)59(40,41)9-7-51-61(45,46)47)31-34-28-24(60(42,43)44)12-16-11-22(56-54-52-36)27(29(35)25(16)26(28)30)33-32-19-13-17(4-5-20(19)48-2)58(38,39)8-6-50-57-55-53-37/h4-5,10-14,35-37H,6-9,30H2,1-3H3,(H,42,43,44)(H,45,46,47). The number of methoxy groups -OCH3 is 2. The second-order valence-electron chi connectivity index (χ2n) is 11.5. The Morgan fingerprint density at radius 1 is 0.721 bits per heavy atom. The van der Waals surface area contributed by atoms with Gasteiger partial charge in [0.1, 0.15) is 39.1 Å². The molecule has 0 aliphatic rings. The van der Waals surface area contributed by atoms with E-state index in [1.807, 2.05) is 0 Å². The molecule has 4 aromatic carbocycles. The molecule has 0 saturated carbocycles. The van der Waals surface area contributed by atoms with Gasteiger partial charge in [0.15, 0.2) is 37.7 Å². The molecule has 7 N–H and O–H groups in total.